The maximum atomic E-state index is 12.7. The zero-order valence-electron chi connectivity index (χ0n) is 12.4. The number of ether oxygens (including phenoxy) is 2. The van der Waals surface area contributed by atoms with E-state index in [-0.39, 0.29) is 17.6 Å². The van der Waals surface area contributed by atoms with Crippen LogP contribution in [0.5, 0.6) is 0 Å². The van der Waals surface area contributed by atoms with E-state index in [1.54, 1.807) is 7.11 Å². The Bertz CT molecular complexity index is 499. The Morgan fingerprint density at radius 3 is 2.85 bits per heavy atom. The van der Waals surface area contributed by atoms with Gasteiger partial charge >= 0.3 is 0 Å². The van der Waals surface area contributed by atoms with Gasteiger partial charge in [-0.15, -0.1) is 0 Å². The Morgan fingerprint density at radius 1 is 1.60 bits per heavy atom. The van der Waals surface area contributed by atoms with Crippen LogP contribution in [0, 0.1) is 0 Å². The minimum absolute atomic E-state index is 0.0238. The van der Waals surface area contributed by atoms with Crippen LogP contribution in [0.3, 0.4) is 0 Å². The topological polar surface area (TPSA) is 43.7 Å². The first-order chi connectivity index (χ1) is 9.32. The van der Waals surface area contributed by atoms with Gasteiger partial charge in [-0.25, -0.2) is 0 Å². The normalized spacial score (nSPS) is 22.1. The average molecular weight is 345 g/mol. The highest BCUT2D eigenvalue weighted by molar-refractivity contribution is 9.10. The second-order valence-corrected chi connectivity index (χ2v) is 6.71. The molecule has 2 rings (SSSR count). The van der Waals surface area contributed by atoms with Crippen LogP contribution in [-0.2, 0) is 16.5 Å². The SMILES string of the molecule is COCC1CN(C(=O)c2cc(Br)cn2C)CC(C)(C)O1. The summed E-state index contributed by atoms with van der Waals surface area (Å²) in [6.45, 7) is 5.61. The second-order valence-electron chi connectivity index (χ2n) is 5.80. The van der Waals surface area contributed by atoms with E-state index in [2.05, 4.69) is 15.9 Å². The Morgan fingerprint density at radius 2 is 2.30 bits per heavy atom. The first-order valence-electron chi connectivity index (χ1n) is 6.60. The molecule has 0 radical (unpaired) electrons. The van der Waals surface area contributed by atoms with Crippen LogP contribution in [0.2, 0.25) is 0 Å². The maximum Gasteiger partial charge on any atom is 0.270 e. The van der Waals surface area contributed by atoms with Crippen molar-refractivity contribution in [1.82, 2.24) is 9.47 Å². The molecule has 20 heavy (non-hydrogen) atoms. The molecule has 0 N–H and O–H groups in total. The number of hydrogen-bond acceptors (Lipinski definition) is 3. The van der Waals surface area contributed by atoms with Crippen molar-refractivity contribution in [3.8, 4) is 0 Å². The van der Waals surface area contributed by atoms with E-state index in [4.69, 9.17) is 9.47 Å². The van der Waals surface area contributed by atoms with Crippen molar-refractivity contribution in [3.63, 3.8) is 0 Å². The number of carbonyl (C=O) groups is 1. The summed E-state index contributed by atoms with van der Waals surface area (Å²) in [5, 5.41) is 0. The van der Waals surface area contributed by atoms with Gasteiger partial charge in [-0.2, -0.15) is 0 Å². The van der Waals surface area contributed by atoms with Gasteiger partial charge in [0.15, 0.2) is 0 Å². The number of aromatic nitrogens is 1. The molecule has 5 nitrogen and oxygen atoms in total. The molecule has 0 saturated carbocycles. The smallest absolute Gasteiger partial charge is 0.270 e. The van der Waals surface area contributed by atoms with Crippen molar-refractivity contribution in [2.45, 2.75) is 25.6 Å². The summed E-state index contributed by atoms with van der Waals surface area (Å²) < 4.78 is 13.8. The summed E-state index contributed by atoms with van der Waals surface area (Å²) in [7, 11) is 3.52. The van der Waals surface area contributed by atoms with E-state index in [0.717, 1.165) is 4.47 Å². The predicted molar refractivity (Wildman–Crippen MR) is 79.8 cm³/mol. The van der Waals surface area contributed by atoms with E-state index < -0.39 is 0 Å². The molecule has 2 heterocycles. The number of nitrogens with zero attached hydrogens (tertiary/aromatic N) is 2. The third-order valence-electron chi connectivity index (χ3n) is 3.31. The third kappa shape index (κ3) is 3.42. The number of carbonyl (C=O) groups excluding carboxylic acids is 1. The van der Waals surface area contributed by atoms with Crippen molar-refractivity contribution < 1.29 is 14.3 Å². The molecule has 0 aromatic carbocycles. The molecule has 0 bridgehead atoms. The van der Waals surface area contributed by atoms with Crippen molar-refractivity contribution in [2.75, 3.05) is 26.8 Å². The minimum Gasteiger partial charge on any atom is -0.382 e. The number of rotatable bonds is 3. The molecular formula is C14H21BrN2O3. The van der Waals surface area contributed by atoms with E-state index in [1.807, 2.05) is 42.6 Å². The largest absolute Gasteiger partial charge is 0.382 e. The second kappa shape index (κ2) is 5.87. The zero-order chi connectivity index (χ0) is 14.9. The standard InChI is InChI=1S/C14H21BrN2O3/c1-14(2)9-17(7-11(20-14)8-19-4)13(18)12-5-10(15)6-16(12)3/h5-6,11H,7-9H2,1-4H3. The Labute approximate surface area is 128 Å². The van der Waals surface area contributed by atoms with Gasteiger partial charge in [0, 0.05) is 37.9 Å². The van der Waals surface area contributed by atoms with E-state index in [0.29, 0.717) is 25.4 Å². The van der Waals surface area contributed by atoms with Gasteiger partial charge in [0.25, 0.3) is 5.91 Å². The van der Waals surface area contributed by atoms with Crippen molar-refractivity contribution >= 4 is 21.8 Å². The van der Waals surface area contributed by atoms with Gasteiger partial charge in [-0.05, 0) is 35.8 Å². The zero-order valence-corrected chi connectivity index (χ0v) is 13.9. The highest BCUT2D eigenvalue weighted by Crippen LogP contribution is 2.24. The molecule has 1 atom stereocenters. The summed E-state index contributed by atoms with van der Waals surface area (Å²) in [5.74, 6) is 0.0238. The van der Waals surface area contributed by atoms with Crippen molar-refractivity contribution in [3.05, 3.63) is 22.4 Å². The fraction of sp³-hybridized carbons (Fsp3) is 0.643. The lowest BCUT2D eigenvalue weighted by molar-refractivity contribution is -0.143. The fourth-order valence-electron chi connectivity index (χ4n) is 2.62. The van der Waals surface area contributed by atoms with Crippen LogP contribution in [0.1, 0.15) is 24.3 Å². The lowest BCUT2D eigenvalue weighted by Gasteiger charge is -2.42. The molecule has 1 fully saturated rings. The van der Waals surface area contributed by atoms with Gasteiger partial charge in [-0.3, -0.25) is 4.79 Å². The quantitative estimate of drug-likeness (QED) is 0.842. The molecule has 1 saturated heterocycles. The van der Waals surface area contributed by atoms with Gasteiger partial charge in [0.05, 0.1) is 18.3 Å². The molecule has 1 aliphatic heterocycles. The third-order valence-corrected chi connectivity index (χ3v) is 3.75. The number of amides is 1. The predicted octanol–water partition coefficient (Wildman–Crippen LogP) is 2.05. The molecule has 0 spiro atoms. The lowest BCUT2D eigenvalue weighted by Crippen LogP contribution is -2.55. The molecule has 1 aromatic heterocycles. The van der Waals surface area contributed by atoms with Gasteiger partial charge in [-0.1, -0.05) is 0 Å². The molecular weight excluding hydrogens is 324 g/mol. The van der Waals surface area contributed by atoms with Crippen LogP contribution in [0.25, 0.3) is 0 Å². The summed E-state index contributed by atoms with van der Waals surface area (Å²) in [4.78, 5) is 14.5. The van der Waals surface area contributed by atoms with Crippen molar-refractivity contribution in [1.29, 1.82) is 0 Å². The van der Waals surface area contributed by atoms with Gasteiger partial charge in [0.1, 0.15) is 5.69 Å². The average Bonchev–Trinajstić information content (AvgIpc) is 2.66. The molecule has 112 valence electrons. The van der Waals surface area contributed by atoms with Crippen LogP contribution >= 0.6 is 15.9 Å². The Hall–Kier alpha value is -0.850. The summed E-state index contributed by atoms with van der Waals surface area (Å²) >= 11 is 3.40. The van der Waals surface area contributed by atoms with E-state index in [1.165, 1.54) is 0 Å². The minimum atomic E-state index is -0.362. The number of hydrogen-bond donors (Lipinski definition) is 0. The molecule has 1 amide bonds. The highest BCUT2D eigenvalue weighted by Gasteiger charge is 2.36. The van der Waals surface area contributed by atoms with Crippen molar-refractivity contribution in [2.24, 2.45) is 7.05 Å². The monoisotopic (exact) mass is 344 g/mol. The Balaban J connectivity index is 2.18. The molecule has 6 heteroatoms. The van der Waals surface area contributed by atoms with Crippen LogP contribution < -0.4 is 0 Å². The number of halogens is 1. The molecule has 1 aromatic rings. The van der Waals surface area contributed by atoms with Crippen LogP contribution in [0.15, 0.2) is 16.7 Å². The summed E-state index contributed by atoms with van der Waals surface area (Å²) in [6, 6.07) is 1.84. The number of methoxy groups -OCH3 is 1. The summed E-state index contributed by atoms with van der Waals surface area (Å²) in [5.41, 5.74) is 0.310. The van der Waals surface area contributed by atoms with E-state index >= 15 is 0 Å². The van der Waals surface area contributed by atoms with Crippen LogP contribution in [0.4, 0.5) is 0 Å². The number of aryl methyl sites for hydroxylation is 1. The van der Waals surface area contributed by atoms with Gasteiger partial charge in [0.2, 0.25) is 0 Å². The first-order valence-corrected chi connectivity index (χ1v) is 7.39. The van der Waals surface area contributed by atoms with Crippen LogP contribution in [-0.4, -0.2) is 53.9 Å². The fourth-order valence-corrected chi connectivity index (χ4v) is 3.15. The lowest BCUT2D eigenvalue weighted by atomic mass is 10.0. The van der Waals surface area contributed by atoms with E-state index in [9.17, 15) is 4.79 Å². The maximum absolute atomic E-state index is 12.7. The molecule has 1 aliphatic rings. The number of morpholine rings is 1. The Kier molecular flexibility index (Phi) is 4.56. The molecule has 1 unspecified atom stereocenters. The highest BCUT2D eigenvalue weighted by atomic mass is 79.9. The molecule has 0 aliphatic carbocycles. The summed E-state index contributed by atoms with van der Waals surface area (Å²) in [6.07, 6.45) is 1.79. The van der Waals surface area contributed by atoms with Gasteiger partial charge < -0.3 is 18.9 Å². The first kappa shape index (κ1) is 15.5.